The molecule has 2 aromatic heterocycles. The molecule has 0 radical (unpaired) electrons. The van der Waals surface area contributed by atoms with Gasteiger partial charge in [-0.3, -0.25) is 4.90 Å². The Morgan fingerprint density at radius 2 is 2.26 bits per heavy atom. The Morgan fingerprint density at radius 3 is 2.84 bits per heavy atom. The number of hydrogen-bond acceptors (Lipinski definition) is 6. The fourth-order valence-corrected chi connectivity index (χ4v) is 2.48. The van der Waals surface area contributed by atoms with Crippen LogP contribution in [0.1, 0.15) is 26.6 Å². The third-order valence-corrected chi connectivity index (χ3v) is 3.34. The monoisotopic (exact) mass is 281 g/mol. The summed E-state index contributed by atoms with van der Waals surface area (Å²) in [5, 5.41) is 17.8. The highest BCUT2D eigenvalue weighted by atomic mass is 32.1. The second-order valence-electron chi connectivity index (χ2n) is 5.14. The van der Waals surface area contributed by atoms with E-state index in [0.717, 1.165) is 12.1 Å². The Hall–Kier alpha value is -1.24. The molecule has 0 bridgehead atoms. The summed E-state index contributed by atoms with van der Waals surface area (Å²) in [7, 11) is 0. The molecule has 0 unspecified atom stereocenters. The molecule has 2 rings (SSSR count). The summed E-state index contributed by atoms with van der Waals surface area (Å²) in [5.74, 6) is 1.20. The van der Waals surface area contributed by atoms with Gasteiger partial charge in [0.1, 0.15) is 0 Å². The smallest absolute Gasteiger partial charge is 0.258 e. The van der Waals surface area contributed by atoms with Gasteiger partial charge in [-0.05, 0) is 31.8 Å². The zero-order valence-electron chi connectivity index (χ0n) is 11.5. The minimum atomic E-state index is -0.726. The molecule has 0 amide bonds. The molecule has 0 aromatic carbocycles. The van der Waals surface area contributed by atoms with E-state index >= 15 is 0 Å². The van der Waals surface area contributed by atoms with Crippen LogP contribution >= 0.6 is 11.3 Å². The highest BCUT2D eigenvalue weighted by Crippen LogP contribution is 2.20. The Balaban J connectivity index is 2.03. The molecule has 104 valence electrons. The third kappa shape index (κ3) is 4.12. The second-order valence-corrected chi connectivity index (χ2v) is 5.92. The molecule has 0 aliphatic carbocycles. The minimum absolute atomic E-state index is 0.551. The van der Waals surface area contributed by atoms with E-state index < -0.39 is 5.60 Å². The topological polar surface area (TPSA) is 62.4 Å². The molecule has 5 nitrogen and oxygen atoms in total. The first kappa shape index (κ1) is 14.2. The molecular weight excluding hydrogens is 262 g/mol. The number of hydrogen-bond donors (Lipinski definition) is 1. The fraction of sp³-hybridized carbons (Fsp3) is 0.538. The van der Waals surface area contributed by atoms with Gasteiger partial charge in [0.15, 0.2) is 5.82 Å². The number of thiophene rings is 1. The molecule has 0 spiro atoms. The number of aromatic nitrogens is 2. The van der Waals surface area contributed by atoms with Gasteiger partial charge >= 0.3 is 0 Å². The Kier molecular flexibility index (Phi) is 4.34. The first-order valence-corrected chi connectivity index (χ1v) is 7.22. The summed E-state index contributed by atoms with van der Waals surface area (Å²) in [6.45, 7) is 7.61. The molecule has 19 heavy (non-hydrogen) atoms. The highest BCUT2D eigenvalue weighted by Gasteiger charge is 2.19. The van der Waals surface area contributed by atoms with Crippen molar-refractivity contribution in [3.8, 4) is 11.5 Å². The molecule has 0 aliphatic rings. The van der Waals surface area contributed by atoms with Crippen LogP contribution in [0.2, 0.25) is 0 Å². The van der Waals surface area contributed by atoms with Crippen molar-refractivity contribution in [3.05, 3.63) is 22.7 Å². The van der Waals surface area contributed by atoms with Crippen LogP contribution in [0.25, 0.3) is 11.5 Å². The number of nitrogens with zero attached hydrogens (tertiary/aromatic N) is 3. The average molecular weight is 281 g/mol. The molecule has 0 aliphatic heterocycles. The lowest BCUT2D eigenvalue weighted by Gasteiger charge is -2.26. The molecule has 0 saturated heterocycles. The molecule has 0 atom stereocenters. The second kappa shape index (κ2) is 5.81. The summed E-state index contributed by atoms with van der Waals surface area (Å²) < 4.78 is 5.24. The number of likely N-dealkylation sites (N-methyl/N-ethyl adjacent to an activating group) is 1. The van der Waals surface area contributed by atoms with Crippen LogP contribution in [0.15, 0.2) is 21.3 Å². The summed E-state index contributed by atoms with van der Waals surface area (Å²) in [6, 6.07) is 1.95. The van der Waals surface area contributed by atoms with Gasteiger partial charge in [0.05, 0.1) is 17.7 Å². The average Bonchev–Trinajstić information content (AvgIpc) is 2.95. The van der Waals surface area contributed by atoms with Crippen molar-refractivity contribution in [2.45, 2.75) is 32.9 Å². The van der Waals surface area contributed by atoms with E-state index in [9.17, 15) is 5.11 Å². The van der Waals surface area contributed by atoms with Crippen LogP contribution in [-0.2, 0) is 6.54 Å². The minimum Gasteiger partial charge on any atom is -0.389 e. The maximum Gasteiger partial charge on any atom is 0.258 e. The normalized spacial score (nSPS) is 12.3. The predicted molar refractivity (Wildman–Crippen MR) is 74.9 cm³/mol. The number of rotatable bonds is 6. The molecule has 2 heterocycles. The molecule has 0 fully saturated rings. The van der Waals surface area contributed by atoms with E-state index in [-0.39, 0.29) is 0 Å². The van der Waals surface area contributed by atoms with Gasteiger partial charge in [0.2, 0.25) is 0 Å². The number of aliphatic hydroxyl groups is 1. The van der Waals surface area contributed by atoms with E-state index in [1.165, 1.54) is 0 Å². The van der Waals surface area contributed by atoms with Crippen molar-refractivity contribution in [2.24, 2.45) is 0 Å². The quantitative estimate of drug-likeness (QED) is 0.881. The standard InChI is InChI=1S/C13H19N3O2S/c1-4-16(9-13(2,3)17)7-11-14-12(18-15-11)10-5-6-19-8-10/h5-6,8,17H,4,7,9H2,1-3H3. The highest BCUT2D eigenvalue weighted by molar-refractivity contribution is 7.08. The lowest BCUT2D eigenvalue weighted by molar-refractivity contribution is 0.0343. The third-order valence-electron chi connectivity index (χ3n) is 2.66. The van der Waals surface area contributed by atoms with E-state index in [0.29, 0.717) is 24.8 Å². The van der Waals surface area contributed by atoms with Crippen LogP contribution in [0.5, 0.6) is 0 Å². The van der Waals surface area contributed by atoms with Crippen LogP contribution in [0.3, 0.4) is 0 Å². The van der Waals surface area contributed by atoms with Crippen LogP contribution in [-0.4, -0.2) is 38.8 Å². The Labute approximate surface area is 116 Å². The van der Waals surface area contributed by atoms with Crippen molar-refractivity contribution in [2.75, 3.05) is 13.1 Å². The van der Waals surface area contributed by atoms with E-state index in [1.54, 1.807) is 25.2 Å². The van der Waals surface area contributed by atoms with Crippen molar-refractivity contribution in [1.82, 2.24) is 15.0 Å². The van der Waals surface area contributed by atoms with Gasteiger partial charge in [-0.25, -0.2) is 0 Å². The van der Waals surface area contributed by atoms with Crippen molar-refractivity contribution < 1.29 is 9.63 Å². The van der Waals surface area contributed by atoms with E-state index in [1.807, 2.05) is 23.8 Å². The molecule has 2 aromatic rings. The largest absolute Gasteiger partial charge is 0.389 e. The summed E-state index contributed by atoms with van der Waals surface area (Å²) in [4.78, 5) is 6.46. The first-order valence-electron chi connectivity index (χ1n) is 6.28. The summed E-state index contributed by atoms with van der Waals surface area (Å²) >= 11 is 1.60. The molecule has 6 heteroatoms. The lowest BCUT2D eigenvalue weighted by Crippen LogP contribution is -2.38. The van der Waals surface area contributed by atoms with Crippen LogP contribution in [0.4, 0.5) is 0 Å². The molecule has 0 saturated carbocycles. The Morgan fingerprint density at radius 1 is 1.47 bits per heavy atom. The lowest BCUT2D eigenvalue weighted by atomic mass is 10.1. The van der Waals surface area contributed by atoms with Gasteiger partial charge < -0.3 is 9.63 Å². The maximum atomic E-state index is 9.85. The van der Waals surface area contributed by atoms with Gasteiger partial charge in [-0.15, -0.1) is 0 Å². The summed E-state index contributed by atoms with van der Waals surface area (Å²) in [6.07, 6.45) is 0. The molecule has 1 N–H and O–H groups in total. The van der Waals surface area contributed by atoms with Crippen LogP contribution in [0, 0.1) is 0 Å². The van der Waals surface area contributed by atoms with Gasteiger partial charge in [-0.2, -0.15) is 16.3 Å². The first-order chi connectivity index (χ1) is 8.98. The van der Waals surface area contributed by atoms with Crippen molar-refractivity contribution in [3.63, 3.8) is 0 Å². The van der Waals surface area contributed by atoms with Crippen molar-refractivity contribution in [1.29, 1.82) is 0 Å². The SMILES string of the molecule is CCN(Cc1noc(-c2ccsc2)n1)CC(C)(C)O. The van der Waals surface area contributed by atoms with Crippen LogP contribution < -0.4 is 0 Å². The van der Waals surface area contributed by atoms with E-state index in [2.05, 4.69) is 15.0 Å². The zero-order valence-corrected chi connectivity index (χ0v) is 12.3. The van der Waals surface area contributed by atoms with E-state index in [4.69, 9.17) is 4.52 Å². The van der Waals surface area contributed by atoms with Crippen molar-refractivity contribution >= 4 is 11.3 Å². The van der Waals surface area contributed by atoms with Gasteiger partial charge in [0.25, 0.3) is 5.89 Å². The Bertz CT molecular complexity index is 502. The maximum absolute atomic E-state index is 9.85. The zero-order chi connectivity index (χ0) is 13.9. The molecular formula is C13H19N3O2S. The predicted octanol–water partition coefficient (Wildman–Crippen LogP) is 2.39. The fourth-order valence-electron chi connectivity index (χ4n) is 1.85. The summed E-state index contributed by atoms with van der Waals surface area (Å²) in [5.41, 5.74) is 0.227. The van der Waals surface area contributed by atoms with Gasteiger partial charge in [-0.1, -0.05) is 12.1 Å². The van der Waals surface area contributed by atoms with Gasteiger partial charge in [0, 0.05) is 11.9 Å².